The fraction of sp³-hybridized carbons (Fsp3) is 0.286. The SMILES string of the molecule is O=c1c(-c2ccc(O)cc2)coc2c(OC3OC(CO)C(O)C(O)C3O)c(O)cc(O)c12. The Kier molecular flexibility index (Phi) is 5.67. The lowest BCUT2D eigenvalue weighted by atomic mass is 9.99. The van der Waals surface area contributed by atoms with Crippen LogP contribution >= 0.6 is 0 Å². The van der Waals surface area contributed by atoms with Crippen molar-refractivity contribution >= 4 is 11.0 Å². The van der Waals surface area contributed by atoms with Crippen molar-refractivity contribution < 1.29 is 49.6 Å². The number of aliphatic hydroxyl groups excluding tert-OH is 4. The summed E-state index contributed by atoms with van der Waals surface area (Å²) in [4.78, 5) is 13.0. The summed E-state index contributed by atoms with van der Waals surface area (Å²) in [6.45, 7) is -0.696. The van der Waals surface area contributed by atoms with Gasteiger partial charge in [-0.15, -0.1) is 0 Å². The molecule has 0 radical (unpaired) electrons. The number of rotatable bonds is 4. The summed E-state index contributed by atoms with van der Waals surface area (Å²) in [5.74, 6) is -1.75. The maximum absolute atomic E-state index is 13.0. The molecule has 11 nitrogen and oxygen atoms in total. The van der Waals surface area contributed by atoms with Gasteiger partial charge in [-0.2, -0.15) is 0 Å². The van der Waals surface area contributed by atoms with Crippen molar-refractivity contribution in [3.05, 3.63) is 46.8 Å². The van der Waals surface area contributed by atoms with Crippen LogP contribution in [0.4, 0.5) is 0 Å². The molecule has 5 atom stereocenters. The number of aliphatic hydroxyl groups is 4. The molecule has 4 rings (SSSR count). The van der Waals surface area contributed by atoms with Crippen molar-refractivity contribution in [1.82, 2.24) is 0 Å². The minimum absolute atomic E-state index is 0.0121. The van der Waals surface area contributed by atoms with E-state index in [2.05, 4.69) is 0 Å². The third-order valence-electron chi connectivity index (χ3n) is 5.22. The van der Waals surface area contributed by atoms with Gasteiger partial charge in [0, 0.05) is 6.07 Å². The highest BCUT2D eigenvalue weighted by Gasteiger charge is 2.45. The van der Waals surface area contributed by atoms with E-state index in [-0.39, 0.29) is 22.3 Å². The Hall–Kier alpha value is -3.35. The van der Waals surface area contributed by atoms with Gasteiger partial charge in [-0.1, -0.05) is 12.1 Å². The molecule has 0 bridgehead atoms. The van der Waals surface area contributed by atoms with Gasteiger partial charge in [0.05, 0.1) is 12.2 Å². The summed E-state index contributed by atoms with van der Waals surface area (Å²) in [6.07, 6.45) is -6.99. The molecule has 32 heavy (non-hydrogen) atoms. The Morgan fingerprint density at radius 3 is 2.28 bits per heavy atom. The van der Waals surface area contributed by atoms with Gasteiger partial charge in [0.1, 0.15) is 47.6 Å². The van der Waals surface area contributed by atoms with Crippen molar-refractivity contribution in [2.75, 3.05) is 6.61 Å². The van der Waals surface area contributed by atoms with E-state index >= 15 is 0 Å². The van der Waals surface area contributed by atoms with Gasteiger partial charge in [-0.3, -0.25) is 4.79 Å². The van der Waals surface area contributed by atoms with E-state index in [4.69, 9.17) is 13.9 Å². The number of aromatic hydroxyl groups is 3. The maximum atomic E-state index is 13.0. The molecule has 1 aromatic heterocycles. The van der Waals surface area contributed by atoms with Crippen molar-refractivity contribution in [3.8, 4) is 34.1 Å². The molecule has 0 saturated carbocycles. The molecule has 2 aromatic carbocycles. The van der Waals surface area contributed by atoms with Gasteiger partial charge in [-0.25, -0.2) is 0 Å². The molecule has 2 heterocycles. The van der Waals surface area contributed by atoms with E-state index in [0.717, 1.165) is 12.3 Å². The second-order valence-electron chi connectivity index (χ2n) is 7.29. The number of benzene rings is 2. The summed E-state index contributed by atoms with van der Waals surface area (Å²) < 4.78 is 16.2. The Bertz CT molecular complexity index is 1190. The van der Waals surface area contributed by atoms with Gasteiger partial charge in [0.25, 0.3) is 0 Å². The summed E-state index contributed by atoms with van der Waals surface area (Å²) in [6, 6.07) is 6.50. The predicted octanol–water partition coefficient (Wildman–Crippen LogP) is -0.245. The molecule has 3 aromatic rings. The molecule has 0 aliphatic carbocycles. The lowest BCUT2D eigenvalue weighted by Gasteiger charge is -2.39. The van der Waals surface area contributed by atoms with Crippen LogP contribution in [-0.2, 0) is 4.74 Å². The highest BCUT2D eigenvalue weighted by Crippen LogP contribution is 2.41. The van der Waals surface area contributed by atoms with Gasteiger partial charge < -0.3 is 49.6 Å². The van der Waals surface area contributed by atoms with Crippen LogP contribution in [0.5, 0.6) is 23.0 Å². The lowest BCUT2D eigenvalue weighted by molar-refractivity contribution is -0.277. The standard InChI is InChI=1S/C21H20O11/c22-6-13-16(27)17(28)18(29)21(31-13)32-19-12(25)5-11(24)14-15(26)10(7-30-20(14)19)8-1-3-9(23)4-2-8/h1-5,7,13,16-18,21-25,27-29H,6H2. The number of fused-ring (bicyclic) bond motifs is 1. The molecule has 170 valence electrons. The topological polar surface area (TPSA) is 190 Å². The van der Waals surface area contributed by atoms with E-state index in [1.54, 1.807) is 0 Å². The van der Waals surface area contributed by atoms with Crippen LogP contribution in [0.15, 0.2) is 45.8 Å². The van der Waals surface area contributed by atoms with Crippen LogP contribution in [-0.4, -0.2) is 73.1 Å². The average molecular weight is 448 g/mol. The first-order chi connectivity index (χ1) is 15.2. The zero-order valence-electron chi connectivity index (χ0n) is 16.3. The fourth-order valence-electron chi connectivity index (χ4n) is 3.49. The second-order valence-corrected chi connectivity index (χ2v) is 7.29. The third-order valence-corrected chi connectivity index (χ3v) is 5.22. The summed E-state index contributed by atoms with van der Waals surface area (Å²) in [5.41, 5.74) is -0.598. The zero-order chi connectivity index (χ0) is 23.2. The number of hydrogen-bond acceptors (Lipinski definition) is 11. The van der Waals surface area contributed by atoms with Crippen LogP contribution in [0.3, 0.4) is 0 Å². The molecular weight excluding hydrogens is 428 g/mol. The number of ether oxygens (including phenoxy) is 2. The van der Waals surface area contributed by atoms with E-state index < -0.39 is 60.0 Å². The molecule has 1 fully saturated rings. The van der Waals surface area contributed by atoms with Crippen LogP contribution < -0.4 is 10.2 Å². The first-order valence-corrected chi connectivity index (χ1v) is 9.50. The normalized spacial score (nSPS) is 25.7. The van der Waals surface area contributed by atoms with Crippen molar-refractivity contribution in [2.45, 2.75) is 30.7 Å². The zero-order valence-corrected chi connectivity index (χ0v) is 16.3. The van der Waals surface area contributed by atoms with Crippen LogP contribution in [0.2, 0.25) is 0 Å². The van der Waals surface area contributed by atoms with Crippen LogP contribution in [0, 0.1) is 0 Å². The largest absolute Gasteiger partial charge is 0.508 e. The summed E-state index contributed by atoms with van der Waals surface area (Å²) in [7, 11) is 0. The average Bonchev–Trinajstić information content (AvgIpc) is 2.77. The van der Waals surface area contributed by atoms with Gasteiger partial charge in [0.2, 0.25) is 17.5 Å². The van der Waals surface area contributed by atoms with Gasteiger partial charge in [-0.05, 0) is 17.7 Å². The van der Waals surface area contributed by atoms with Crippen molar-refractivity contribution in [1.29, 1.82) is 0 Å². The Labute approximate surface area is 179 Å². The molecule has 11 heteroatoms. The first-order valence-electron chi connectivity index (χ1n) is 9.50. The number of hydrogen-bond donors (Lipinski definition) is 7. The Balaban J connectivity index is 1.80. The third kappa shape index (κ3) is 3.61. The predicted molar refractivity (Wildman–Crippen MR) is 107 cm³/mol. The van der Waals surface area contributed by atoms with Crippen LogP contribution in [0.1, 0.15) is 0 Å². The summed E-state index contributed by atoms with van der Waals surface area (Å²) in [5, 5.41) is 69.0. The lowest BCUT2D eigenvalue weighted by Crippen LogP contribution is -2.60. The van der Waals surface area contributed by atoms with Crippen molar-refractivity contribution in [3.63, 3.8) is 0 Å². The quantitative estimate of drug-likeness (QED) is 0.279. The monoisotopic (exact) mass is 448 g/mol. The molecule has 1 saturated heterocycles. The molecule has 1 aliphatic rings. The number of phenolic OH excluding ortho intramolecular Hbond substituents is 3. The van der Waals surface area contributed by atoms with E-state index in [1.165, 1.54) is 24.3 Å². The Morgan fingerprint density at radius 1 is 0.938 bits per heavy atom. The van der Waals surface area contributed by atoms with E-state index in [1.807, 2.05) is 0 Å². The first kappa shape index (κ1) is 21.9. The van der Waals surface area contributed by atoms with Crippen molar-refractivity contribution in [2.24, 2.45) is 0 Å². The molecule has 1 aliphatic heterocycles. The summed E-state index contributed by atoms with van der Waals surface area (Å²) >= 11 is 0. The minimum atomic E-state index is -1.78. The molecule has 0 spiro atoms. The smallest absolute Gasteiger partial charge is 0.229 e. The molecule has 0 amide bonds. The molecular formula is C21H20O11. The minimum Gasteiger partial charge on any atom is -0.508 e. The highest BCUT2D eigenvalue weighted by atomic mass is 16.7. The number of phenols is 3. The maximum Gasteiger partial charge on any atom is 0.229 e. The molecule has 7 N–H and O–H groups in total. The van der Waals surface area contributed by atoms with E-state index in [9.17, 15) is 40.5 Å². The highest BCUT2D eigenvalue weighted by molar-refractivity contribution is 5.93. The van der Waals surface area contributed by atoms with E-state index in [0.29, 0.717) is 5.56 Å². The fourth-order valence-corrected chi connectivity index (χ4v) is 3.49. The second kappa shape index (κ2) is 8.30. The van der Waals surface area contributed by atoms with Crippen LogP contribution in [0.25, 0.3) is 22.1 Å². The Morgan fingerprint density at radius 2 is 1.62 bits per heavy atom. The van der Waals surface area contributed by atoms with Gasteiger partial charge >= 0.3 is 0 Å². The molecule has 5 unspecified atom stereocenters. The van der Waals surface area contributed by atoms with Gasteiger partial charge in [0.15, 0.2) is 11.3 Å².